The van der Waals surface area contributed by atoms with E-state index in [0.717, 1.165) is 0 Å². The van der Waals surface area contributed by atoms with Gasteiger partial charge in [-0.1, -0.05) is 0 Å². The summed E-state index contributed by atoms with van der Waals surface area (Å²) >= 11 is 6.59. The van der Waals surface area contributed by atoms with Crippen LogP contribution in [-0.4, -0.2) is 24.4 Å². The van der Waals surface area contributed by atoms with Gasteiger partial charge in [-0.3, -0.25) is 4.79 Å². The van der Waals surface area contributed by atoms with Crippen LogP contribution in [0.5, 0.6) is 0 Å². The van der Waals surface area contributed by atoms with Crippen LogP contribution in [0.4, 0.5) is 5.00 Å². The summed E-state index contributed by atoms with van der Waals surface area (Å²) in [7, 11) is 0. The number of alkyl halides is 1. The number of ether oxygens (including phenoxy) is 1. The fourth-order valence-corrected chi connectivity index (χ4v) is 1.79. The van der Waals surface area contributed by atoms with E-state index in [-0.39, 0.29) is 11.8 Å². The van der Waals surface area contributed by atoms with E-state index in [9.17, 15) is 9.59 Å². The van der Waals surface area contributed by atoms with Crippen LogP contribution in [0.1, 0.15) is 17.3 Å². The molecule has 0 unspecified atom stereocenters. The minimum absolute atomic E-state index is 0.139. The zero-order valence-electron chi connectivity index (χ0n) is 8.08. The first-order valence-corrected chi connectivity index (χ1v) is 5.70. The molecule has 0 spiro atoms. The van der Waals surface area contributed by atoms with Crippen molar-refractivity contribution in [1.29, 1.82) is 0 Å². The lowest BCUT2D eigenvalue weighted by Crippen LogP contribution is -2.14. The monoisotopic (exact) mass is 247 g/mol. The normalized spacial score (nSPS) is 9.73. The second kappa shape index (κ2) is 5.72. The van der Waals surface area contributed by atoms with Gasteiger partial charge in [0.25, 0.3) is 0 Å². The quantitative estimate of drug-likeness (QED) is 0.655. The Labute approximate surface area is 96.2 Å². The number of halogens is 1. The lowest BCUT2D eigenvalue weighted by Gasteiger charge is -2.03. The SMILES string of the molecule is CCOC(=O)c1ccsc1NC(=O)CCl. The highest BCUT2D eigenvalue weighted by atomic mass is 35.5. The molecule has 0 radical (unpaired) electrons. The van der Waals surface area contributed by atoms with Gasteiger partial charge < -0.3 is 10.1 Å². The first-order chi connectivity index (χ1) is 7.19. The van der Waals surface area contributed by atoms with Gasteiger partial charge in [-0.15, -0.1) is 22.9 Å². The van der Waals surface area contributed by atoms with Crippen LogP contribution >= 0.6 is 22.9 Å². The highest BCUT2D eigenvalue weighted by Crippen LogP contribution is 2.23. The average Bonchev–Trinajstić information content (AvgIpc) is 2.66. The Morgan fingerprint density at radius 1 is 1.60 bits per heavy atom. The molecule has 4 nitrogen and oxygen atoms in total. The Morgan fingerprint density at radius 3 is 2.93 bits per heavy atom. The molecule has 0 aliphatic heterocycles. The number of nitrogens with one attached hydrogen (secondary N) is 1. The van der Waals surface area contributed by atoms with Gasteiger partial charge >= 0.3 is 5.97 Å². The van der Waals surface area contributed by atoms with Crippen molar-refractivity contribution in [3.8, 4) is 0 Å². The number of hydrogen-bond donors (Lipinski definition) is 1. The highest BCUT2D eigenvalue weighted by molar-refractivity contribution is 7.14. The number of rotatable bonds is 4. The summed E-state index contributed by atoms with van der Waals surface area (Å²) in [6, 6.07) is 1.60. The molecule has 6 heteroatoms. The molecule has 0 aliphatic carbocycles. The average molecular weight is 248 g/mol. The number of carbonyl (C=O) groups is 2. The molecule has 1 aromatic heterocycles. The van der Waals surface area contributed by atoms with Gasteiger partial charge in [0.15, 0.2) is 0 Å². The molecule has 1 aromatic rings. The number of thiophene rings is 1. The number of esters is 1. The van der Waals surface area contributed by atoms with E-state index in [1.54, 1.807) is 18.4 Å². The third-order valence-corrected chi connectivity index (χ3v) is 2.61. The third-order valence-electron chi connectivity index (χ3n) is 1.53. The highest BCUT2D eigenvalue weighted by Gasteiger charge is 2.15. The fraction of sp³-hybridized carbons (Fsp3) is 0.333. The van der Waals surface area contributed by atoms with Gasteiger partial charge in [-0.25, -0.2) is 4.79 Å². The van der Waals surface area contributed by atoms with E-state index in [1.807, 2.05) is 0 Å². The molecule has 0 saturated heterocycles. The van der Waals surface area contributed by atoms with Crippen molar-refractivity contribution in [1.82, 2.24) is 0 Å². The standard InChI is InChI=1S/C9H10ClNO3S/c1-2-14-9(13)6-3-4-15-8(6)11-7(12)5-10/h3-4H,2,5H2,1H3,(H,11,12). The van der Waals surface area contributed by atoms with Gasteiger partial charge in [0.05, 0.1) is 12.2 Å². The Balaban J connectivity index is 2.77. The smallest absolute Gasteiger partial charge is 0.341 e. The van der Waals surface area contributed by atoms with Crippen LogP contribution in [0.15, 0.2) is 11.4 Å². The topological polar surface area (TPSA) is 55.4 Å². The molecule has 82 valence electrons. The molecule has 0 aliphatic rings. The van der Waals surface area contributed by atoms with E-state index < -0.39 is 5.97 Å². The summed E-state index contributed by atoms with van der Waals surface area (Å²) in [5.41, 5.74) is 0.361. The minimum atomic E-state index is -0.441. The first-order valence-electron chi connectivity index (χ1n) is 4.29. The number of anilines is 1. The lowest BCUT2D eigenvalue weighted by molar-refractivity contribution is -0.113. The Hall–Kier alpha value is -1.07. The van der Waals surface area contributed by atoms with E-state index in [2.05, 4.69) is 5.32 Å². The van der Waals surface area contributed by atoms with Gasteiger partial charge in [0.2, 0.25) is 5.91 Å². The Bertz CT molecular complexity index is 364. The summed E-state index contributed by atoms with van der Waals surface area (Å²) in [5, 5.41) is 4.70. The van der Waals surface area contributed by atoms with E-state index in [1.165, 1.54) is 11.3 Å². The number of hydrogen-bond acceptors (Lipinski definition) is 4. The predicted molar refractivity (Wildman–Crippen MR) is 59.6 cm³/mol. The van der Waals surface area contributed by atoms with Gasteiger partial charge in [-0.05, 0) is 18.4 Å². The van der Waals surface area contributed by atoms with Crippen molar-refractivity contribution in [2.75, 3.05) is 17.8 Å². The minimum Gasteiger partial charge on any atom is -0.462 e. The zero-order chi connectivity index (χ0) is 11.3. The maximum Gasteiger partial charge on any atom is 0.341 e. The summed E-state index contributed by atoms with van der Waals surface area (Å²) in [6.45, 7) is 2.03. The second-order valence-corrected chi connectivity index (χ2v) is 3.75. The molecule has 0 fully saturated rings. The second-order valence-electron chi connectivity index (χ2n) is 2.57. The van der Waals surface area contributed by atoms with E-state index >= 15 is 0 Å². The van der Waals surface area contributed by atoms with E-state index in [0.29, 0.717) is 17.2 Å². The molecule has 0 saturated carbocycles. The van der Waals surface area contributed by atoms with Crippen molar-refractivity contribution >= 4 is 39.8 Å². The summed E-state index contributed by atoms with van der Waals surface area (Å²) in [4.78, 5) is 22.4. The molecule has 0 aromatic carbocycles. The van der Waals surface area contributed by atoms with Crippen molar-refractivity contribution < 1.29 is 14.3 Å². The maximum atomic E-state index is 11.4. The van der Waals surface area contributed by atoms with Crippen molar-refractivity contribution in [2.24, 2.45) is 0 Å². The van der Waals surface area contributed by atoms with Crippen molar-refractivity contribution in [2.45, 2.75) is 6.92 Å². The van der Waals surface area contributed by atoms with Crippen LogP contribution in [0.2, 0.25) is 0 Å². The lowest BCUT2D eigenvalue weighted by atomic mass is 10.3. The maximum absolute atomic E-state index is 11.4. The van der Waals surface area contributed by atoms with Crippen LogP contribution in [-0.2, 0) is 9.53 Å². The van der Waals surface area contributed by atoms with Crippen LogP contribution in [0.25, 0.3) is 0 Å². The predicted octanol–water partition coefficient (Wildman–Crippen LogP) is 2.10. The molecule has 15 heavy (non-hydrogen) atoms. The molecular weight excluding hydrogens is 238 g/mol. The fourth-order valence-electron chi connectivity index (χ4n) is 0.936. The summed E-state index contributed by atoms with van der Waals surface area (Å²) < 4.78 is 4.83. The molecule has 1 rings (SSSR count). The number of amides is 1. The van der Waals surface area contributed by atoms with Crippen molar-refractivity contribution in [3.05, 3.63) is 17.0 Å². The van der Waals surface area contributed by atoms with Gasteiger partial charge in [0, 0.05) is 0 Å². The summed E-state index contributed by atoms with van der Waals surface area (Å²) in [5.74, 6) is -0.923. The molecular formula is C9H10ClNO3S. The molecule has 1 N–H and O–H groups in total. The Morgan fingerprint density at radius 2 is 2.33 bits per heavy atom. The van der Waals surface area contributed by atoms with E-state index in [4.69, 9.17) is 16.3 Å². The first kappa shape index (κ1) is 12.0. The molecule has 0 atom stereocenters. The van der Waals surface area contributed by atoms with Gasteiger partial charge in [-0.2, -0.15) is 0 Å². The zero-order valence-corrected chi connectivity index (χ0v) is 9.65. The molecule has 0 bridgehead atoms. The number of carbonyl (C=O) groups excluding carboxylic acids is 2. The van der Waals surface area contributed by atoms with Crippen LogP contribution in [0, 0.1) is 0 Å². The van der Waals surface area contributed by atoms with Crippen LogP contribution in [0.3, 0.4) is 0 Å². The Kier molecular flexibility index (Phi) is 4.58. The third kappa shape index (κ3) is 3.21. The summed E-state index contributed by atoms with van der Waals surface area (Å²) in [6.07, 6.45) is 0. The van der Waals surface area contributed by atoms with Crippen molar-refractivity contribution in [3.63, 3.8) is 0 Å². The van der Waals surface area contributed by atoms with Gasteiger partial charge in [0.1, 0.15) is 10.9 Å². The molecule has 1 amide bonds. The largest absolute Gasteiger partial charge is 0.462 e. The molecule has 1 heterocycles. The van der Waals surface area contributed by atoms with Crippen LogP contribution < -0.4 is 5.32 Å².